The molecule has 1 aromatic heterocycles. The van der Waals surface area contributed by atoms with E-state index in [0.29, 0.717) is 5.95 Å². The van der Waals surface area contributed by atoms with E-state index in [-0.39, 0.29) is 11.2 Å². The van der Waals surface area contributed by atoms with Crippen molar-refractivity contribution in [2.45, 2.75) is 31.5 Å². The van der Waals surface area contributed by atoms with Gasteiger partial charge in [-0.1, -0.05) is 0 Å². The lowest BCUT2D eigenvalue weighted by atomic mass is 10.1. The highest BCUT2D eigenvalue weighted by atomic mass is 35.5. The van der Waals surface area contributed by atoms with Crippen LogP contribution in [0, 0.1) is 0 Å². The molecule has 0 aliphatic carbocycles. The van der Waals surface area contributed by atoms with Gasteiger partial charge in [0.2, 0.25) is 17.2 Å². The third-order valence-corrected chi connectivity index (χ3v) is 3.24. The minimum atomic E-state index is -4.69. The number of aromatic nitrogens is 3. The minimum Gasteiger partial charge on any atom is -0.382 e. The lowest BCUT2D eigenvalue weighted by molar-refractivity contribution is -0.198. The lowest BCUT2D eigenvalue weighted by Crippen LogP contribution is -2.35. The number of nitrogens with one attached hydrogen (secondary N) is 1. The number of hydrogen-bond donors (Lipinski definition) is 2. The molecule has 1 aliphatic rings. The number of alkyl halides is 3. The number of halogens is 4. The van der Waals surface area contributed by atoms with Gasteiger partial charge < -0.3 is 15.3 Å². The SMILES string of the molecule is OC(CNc1nc(Cl)nc(N2CCCCC2)n1)C(F)(F)F. The number of rotatable bonds is 4. The van der Waals surface area contributed by atoms with Crippen LogP contribution in [0.5, 0.6) is 0 Å². The summed E-state index contributed by atoms with van der Waals surface area (Å²) in [5.74, 6) is 0.248. The Labute approximate surface area is 124 Å². The molecule has 0 spiro atoms. The summed E-state index contributed by atoms with van der Waals surface area (Å²) in [6, 6.07) is 0. The summed E-state index contributed by atoms with van der Waals surface area (Å²) in [5.41, 5.74) is 0. The van der Waals surface area contributed by atoms with Crippen molar-refractivity contribution in [2.24, 2.45) is 0 Å². The van der Waals surface area contributed by atoms with E-state index in [9.17, 15) is 13.2 Å². The molecule has 1 aliphatic heterocycles. The number of hydrogen-bond acceptors (Lipinski definition) is 6. The minimum absolute atomic E-state index is 0.0844. The molecule has 21 heavy (non-hydrogen) atoms. The van der Waals surface area contributed by atoms with E-state index in [4.69, 9.17) is 16.7 Å². The van der Waals surface area contributed by atoms with Crippen LogP contribution in [0.3, 0.4) is 0 Å². The molecule has 1 saturated heterocycles. The molecule has 0 saturated carbocycles. The first-order chi connectivity index (χ1) is 9.86. The van der Waals surface area contributed by atoms with Crippen LogP contribution in [0.4, 0.5) is 25.1 Å². The van der Waals surface area contributed by atoms with Crippen LogP contribution in [0.25, 0.3) is 0 Å². The average Bonchev–Trinajstić information content (AvgIpc) is 2.44. The zero-order valence-electron chi connectivity index (χ0n) is 11.1. The van der Waals surface area contributed by atoms with E-state index < -0.39 is 18.8 Å². The van der Waals surface area contributed by atoms with E-state index in [0.717, 1.165) is 32.4 Å². The highest BCUT2D eigenvalue weighted by Crippen LogP contribution is 2.21. The second kappa shape index (κ2) is 6.61. The van der Waals surface area contributed by atoms with Crippen molar-refractivity contribution < 1.29 is 18.3 Å². The van der Waals surface area contributed by atoms with Crippen LogP contribution < -0.4 is 10.2 Å². The second-order valence-corrected chi connectivity index (χ2v) is 5.05. The molecule has 1 unspecified atom stereocenters. The average molecular weight is 326 g/mol. The molecule has 0 radical (unpaired) electrons. The van der Waals surface area contributed by atoms with Gasteiger partial charge in [-0.3, -0.25) is 0 Å². The van der Waals surface area contributed by atoms with Crippen molar-refractivity contribution >= 4 is 23.5 Å². The highest BCUT2D eigenvalue weighted by Gasteiger charge is 2.38. The monoisotopic (exact) mass is 325 g/mol. The Morgan fingerprint density at radius 2 is 1.86 bits per heavy atom. The van der Waals surface area contributed by atoms with Gasteiger partial charge in [-0.05, 0) is 30.9 Å². The quantitative estimate of drug-likeness (QED) is 0.880. The largest absolute Gasteiger partial charge is 0.416 e. The van der Waals surface area contributed by atoms with Gasteiger partial charge in [0.1, 0.15) is 0 Å². The van der Waals surface area contributed by atoms with Crippen molar-refractivity contribution in [3.8, 4) is 0 Å². The molecule has 0 aromatic carbocycles. The third-order valence-electron chi connectivity index (χ3n) is 3.07. The Balaban J connectivity index is 2.04. The van der Waals surface area contributed by atoms with Gasteiger partial charge in [-0.2, -0.15) is 28.1 Å². The lowest BCUT2D eigenvalue weighted by Gasteiger charge is -2.26. The number of aliphatic hydroxyl groups excluding tert-OH is 1. The van der Waals surface area contributed by atoms with Gasteiger partial charge in [0, 0.05) is 13.1 Å². The maximum absolute atomic E-state index is 12.2. The van der Waals surface area contributed by atoms with Gasteiger partial charge in [-0.15, -0.1) is 0 Å². The predicted octanol–water partition coefficient (Wildman–Crippen LogP) is 1.85. The normalized spacial score (nSPS) is 17.7. The Morgan fingerprint density at radius 3 is 2.48 bits per heavy atom. The smallest absolute Gasteiger partial charge is 0.382 e. The summed E-state index contributed by atoms with van der Waals surface area (Å²) in [4.78, 5) is 13.6. The molecule has 0 amide bonds. The fourth-order valence-electron chi connectivity index (χ4n) is 1.96. The first kappa shape index (κ1) is 16.0. The van der Waals surface area contributed by atoms with Crippen LogP contribution in [-0.4, -0.2) is 52.0 Å². The second-order valence-electron chi connectivity index (χ2n) is 4.71. The molecule has 1 atom stereocenters. The third kappa shape index (κ3) is 4.57. The van der Waals surface area contributed by atoms with Gasteiger partial charge in [0.25, 0.3) is 0 Å². The van der Waals surface area contributed by atoms with E-state index in [1.807, 2.05) is 4.90 Å². The van der Waals surface area contributed by atoms with Crippen molar-refractivity contribution in [3.05, 3.63) is 5.28 Å². The number of anilines is 2. The summed E-state index contributed by atoms with van der Waals surface area (Å²) in [6.45, 7) is 0.791. The van der Waals surface area contributed by atoms with Crippen LogP contribution in [0.1, 0.15) is 19.3 Å². The van der Waals surface area contributed by atoms with Crippen molar-refractivity contribution in [2.75, 3.05) is 29.9 Å². The Bertz CT molecular complexity index is 481. The van der Waals surface area contributed by atoms with Gasteiger partial charge >= 0.3 is 6.18 Å². The van der Waals surface area contributed by atoms with Crippen LogP contribution in [-0.2, 0) is 0 Å². The van der Waals surface area contributed by atoms with E-state index in [1.165, 1.54) is 0 Å². The highest BCUT2D eigenvalue weighted by molar-refractivity contribution is 6.28. The molecule has 2 rings (SSSR count). The van der Waals surface area contributed by atoms with Gasteiger partial charge in [0.15, 0.2) is 6.10 Å². The topological polar surface area (TPSA) is 74.2 Å². The van der Waals surface area contributed by atoms with Gasteiger partial charge in [-0.25, -0.2) is 0 Å². The number of aliphatic hydroxyl groups is 1. The Hall–Kier alpha value is -1.35. The Morgan fingerprint density at radius 1 is 1.19 bits per heavy atom. The molecular formula is C11H15ClF3N5O. The molecule has 6 nitrogen and oxygen atoms in total. The van der Waals surface area contributed by atoms with Crippen LogP contribution in [0.15, 0.2) is 0 Å². The Kier molecular flexibility index (Phi) is 5.04. The maximum Gasteiger partial charge on any atom is 0.416 e. The van der Waals surface area contributed by atoms with Crippen molar-refractivity contribution in [1.29, 1.82) is 0 Å². The summed E-state index contributed by atoms with van der Waals surface area (Å²) >= 11 is 5.76. The van der Waals surface area contributed by atoms with Crippen LogP contribution in [0.2, 0.25) is 5.28 Å². The van der Waals surface area contributed by atoms with Crippen molar-refractivity contribution in [3.63, 3.8) is 0 Å². The molecule has 1 fully saturated rings. The van der Waals surface area contributed by atoms with E-state index in [2.05, 4.69) is 20.3 Å². The molecule has 118 valence electrons. The molecule has 1 aromatic rings. The summed E-state index contributed by atoms with van der Waals surface area (Å²) in [7, 11) is 0. The molecule has 0 bridgehead atoms. The fourth-order valence-corrected chi connectivity index (χ4v) is 2.11. The predicted molar refractivity (Wildman–Crippen MR) is 71.5 cm³/mol. The molecule has 10 heteroatoms. The first-order valence-electron chi connectivity index (χ1n) is 6.51. The summed E-state index contributed by atoms with van der Waals surface area (Å²) < 4.78 is 36.7. The van der Waals surface area contributed by atoms with Crippen molar-refractivity contribution in [1.82, 2.24) is 15.0 Å². The number of nitrogens with zero attached hydrogens (tertiary/aromatic N) is 4. The van der Waals surface area contributed by atoms with Gasteiger partial charge in [0.05, 0.1) is 6.54 Å². The molecule has 2 heterocycles. The van der Waals surface area contributed by atoms with E-state index in [1.54, 1.807) is 0 Å². The fraction of sp³-hybridized carbons (Fsp3) is 0.727. The number of piperidine rings is 1. The van der Waals surface area contributed by atoms with Crippen LogP contribution >= 0.6 is 11.6 Å². The zero-order valence-corrected chi connectivity index (χ0v) is 11.8. The maximum atomic E-state index is 12.2. The molecular weight excluding hydrogens is 311 g/mol. The summed E-state index contributed by atoms with van der Waals surface area (Å²) in [6.07, 6.45) is -4.07. The zero-order chi connectivity index (χ0) is 15.5. The standard InChI is InChI=1S/C11H15ClF3N5O/c12-8-17-9(16-6-7(21)11(13,14)15)19-10(18-8)20-4-2-1-3-5-20/h7,21H,1-6H2,(H,16,17,18,19). The van der Waals surface area contributed by atoms with E-state index >= 15 is 0 Å². The first-order valence-corrected chi connectivity index (χ1v) is 6.89. The molecule has 2 N–H and O–H groups in total. The summed E-state index contributed by atoms with van der Waals surface area (Å²) in [5, 5.41) is 11.2.